The van der Waals surface area contributed by atoms with Crippen molar-refractivity contribution in [1.82, 2.24) is 19.8 Å². The summed E-state index contributed by atoms with van der Waals surface area (Å²) < 4.78 is 17.8. The zero-order valence-corrected chi connectivity index (χ0v) is 22.7. The molecule has 1 saturated carbocycles. The van der Waals surface area contributed by atoms with Crippen LogP contribution in [0.15, 0.2) is 53.4 Å². The van der Waals surface area contributed by atoms with Crippen LogP contribution in [0.25, 0.3) is 11.3 Å². The molecule has 2 aliphatic rings. The number of nitrogen functional groups attached to an aromatic ring is 1. The Morgan fingerprint density at radius 3 is 2.47 bits per heavy atom. The third-order valence-electron chi connectivity index (χ3n) is 7.57. The smallest absolute Gasteiger partial charge is 0.471 e. The molecule has 2 heterocycles. The summed E-state index contributed by atoms with van der Waals surface area (Å²) in [5, 5.41) is 0. The molecule has 0 unspecified atom stereocenters. The second kappa shape index (κ2) is 11.5. The van der Waals surface area contributed by atoms with E-state index in [0.29, 0.717) is 53.7 Å². The molecular formula is C29H34N5O3S+. The quantitative estimate of drug-likeness (QED) is 0.473. The predicted molar refractivity (Wildman–Crippen MR) is 148 cm³/mol. The lowest BCUT2D eigenvalue weighted by molar-refractivity contribution is 0.0687. The summed E-state index contributed by atoms with van der Waals surface area (Å²) in [6.07, 6.45) is 4.51. The number of aryl methyl sites for hydroxylation is 2. The lowest BCUT2D eigenvalue weighted by Gasteiger charge is -2.29. The second-order valence-corrected chi connectivity index (χ2v) is 10.9. The van der Waals surface area contributed by atoms with Gasteiger partial charge >= 0.3 is 11.7 Å². The molecule has 38 heavy (non-hydrogen) atoms. The third-order valence-corrected chi connectivity index (χ3v) is 8.02. The lowest BCUT2D eigenvalue weighted by atomic mass is 10.00. The predicted octanol–water partition coefficient (Wildman–Crippen LogP) is 4.28. The van der Waals surface area contributed by atoms with E-state index in [0.717, 1.165) is 28.9 Å². The van der Waals surface area contributed by atoms with Gasteiger partial charge in [0.1, 0.15) is 6.10 Å². The molecule has 0 bridgehead atoms. The molecule has 1 aliphatic heterocycles. The molecule has 1 aliphatic carbocycles. The maximum atomic E-state index is 13.5. The highest BCUT2D eigenvalue weighted by Crippen LogP contribution is 2.30. The van der Waals surface area contributed by atoms with Crippen LogP contribution in [0.5, 0.6) is 5.88 Å². The topological polar surface area (TPSA) is 102 Å². The molecule has 0 radical (unpaired) electrons. The minimum absolute atomic E-state index is 0.0961. The van der Waals surface area contributed by atoms with E-state index in [9.17, 15) is 9.00 Å². The number of nitrogens with two attached hydrogens (primary N) is 1. The third kappa shape index (κ3) is 5.84. The van der Waals surface area contributed by atoms with Gasteiger partial charge in [0.15, 0.2) is 0 Å². The van der Waals surface area contributed by atoms with Crippen LogP contribution in [0, 0.1) is 13.8 Å². The van der Waals surface area contributed by atoms with Crippen LogP contribution in [-0.2, 0) is 15.9 Å². The number of ether oxygens (including phenoxy) is 1. The number of benzene rings is 2. The van der Waals surface area contributed by atoms with Gasteiger partial charge in [-0.05, 0) is 43.9 Å². The largest absolute Gasteiger partial charge is 0.505 e. The Labute approximate surface area is 227 Å². The number of hydrogen-bond donors (Lipinski definition) is 1. The van der Waals surface area contributed by atoms with Crippen LogP contribution >= 0.6 is 0 Å². The highest BCUT2D eigenvalue weighted by molar-refractivity contribution is 7.65. The molecular weight excluding hydrogens is 498 g/mol. The molecule has 1 atom stereocenters. The SMILES string of the molecule is Cc1cccc(C)c1-c1cc(O[C@H]2CN(C(=O)c3cccc([S+]=O)c3)CCN(C3CCCC3)C2)nc(N)n1. The number of rotatable bonds is 6. The van der Waals surface area contributed by atoms with Crippen molar-refractivity contribution in [2.75, 3.05) is 31.9 Å². The second-order valence-electron chi connectivity index (χ2n) is 10.3. The first-order chi connectivity index (χ1) is 18.4. The van der Waals surface area contributed by atoms with Crippen LogP contribution in [0.1, 0.15) is 47.2 Å². The number of carbonyl (C=O) groups excluding carboxylic acids is 1. The van der Waals surface area contributed by atoms with Crippen molar-refractivity contribution < 1.29 is 13.7 Å². The van der Waals surface area contributed by atoms with Crippen molar-refractivity contribution in [1.29, 1.82) is 0 Å². The number of anilines is 1. The van der Waals surface area contributed by atoms with Crippen LogP contribution in [0.4, 0.5) is 5.95 Å². The molecule has 2 N–H and O–H groups in total. The molecule has 2 fully saturated rings. The summed E-state index contributed by atoms with van der Waals surface area (Å²) in [4.78, 5) is 27.2. The Bertz CT molecular complexity index is 1310. The summed E-state index contributed by atoms with van der Waals surface area (Å²) in [6.45, 7) is 6.61. The van der Waals surface area contributed by atoms with Gasteiger partial charge in [-0.15, -0.1) is 0 Å². The van der Waals surface area contributed by atoms with Crippen LogP contribution in [-0.4, -0.2) is 64.0 Å². The molecule has 5 rings (SSSR count). The number of carbonyl (C=O) groups is 1. The summed E-state index contributed by atoms with van der Waals surface area (Å²) in [5.41, 5.74) is 10.6. The zero-order chi connectivity index (χ0) is 26.6. The number of aromatic nitrogens is 2. The Morgan fingerprint density at radius 2 is 1.74 bits per heavy atom. The Kier molecular flexibility index (Phi) is 7.95. The maximum Gasteiger partial charge on any atom is 0.505 e. The molecule has 0 spiro atoms. The van der Waals surface area contributed by atoms with E-state index in [1.54, 1.807) is 24.3 Å². The highest BCUT2D eigenvalue weighted by atomic mass is 32.1. The van der Waals surface area contributed by atoms with E-state index in [1.165, 1.54) is 25.7 Å². The summed E-state index contributed by atoms with van der Waals surface area (Å²) in [5.74, 6) is 0.466. The summed E-state index contributed by atoms with van der Waals surface area (Å²) in [7, 11) is 0. The number of hydrogen-bond acceptors (Lipinski definition) is 7. The standard InChI is InChI=1S/C29H34N5O3S/c1-19-7-5-8-20(2)27(19)25-16-26(32-29(30)31-25)37-23-17-33(22-10-3-4-11-22)13-14-34(18-23)28(35)21-9-6-12-24(15-21)38-36/h5-9,12,15-16,22-23H,3-4,10-11,13-14,17-18H2,1-2H3,(H2,30,31,32)/q+1/t23-/m1/s1. The monoisotopic (exact) mass is 532 g/mol. The van der Waals surface area contributed by atoms with Gasteiger partial charge in [0.2, 0.25) is 11.8 Å². The normalized spacial score (nSPS) is 18.8. The minimum atomic E-state index is -0.292. The Hall–Kier alpha value is -3.43. The van der Waals surface area contributed by atoms with Crippen LogP contribution in [0.3, 0.4) is 0 Å². The first-order valence-corrected chi connectivity index (χ1v) is 14.0. The van der Waals surface area contributed by atoms with Gasteiger partial charge in [-0.2, -0.15) is 4.98 Å². The fraction of sp³-hybridized carbons (Fsp3) is 0.414. The molecule has 1 saturated heterocycles. The molecule has 1 amide bonds. The van der Waals surface area contributed by atoms with Gasteiger partial charge in [0, 0.05) is 59.2 Å². The fourth-order valence-corrected chi connectivity index (χ4v) is 6.05. The first kappa shape index (κ1) is 26.2. The van der Waals surface area contributed by atoms with Crippen LogP contribution < -0.4 is 10.5 Å². The van der Waals surface area contributed by atoms with Gasteiger partial charge in [-0.1, -0.05) is 37.1 Å². The number of nitrogens with zero attached hydrogens (tertiary/aromatic N) is 4. The minimum Gasteiger partial charge on any atom is -0.471 e. The van der Waals surface area contributed by atoms with Crippen molar-refractivity contribution in [3.05, 3.63) is 65.2 Å². The summed E-state index contributed by atoms with van der Waals surface area (Å²) in [6, 6.07) is 15.4. The van der Waals surface area contributed by atoms with E-state index >= 15 is 0 Å². The van der Waals surface area contributed by atoms with Gasteiger partial charge in [0.05, 0.1) is 12.2 Å². The van der Waals surface area contributed by atoms with Crippen LogP contribution in [0.2, 0.25) is 0 Å². The van der Waals surface area contributed by atoms with Crippen molar-refractivity contribution in [2.24, 2.45) is 0 Å². The molecule has 3 aromatic rings. The van der Waals surface area contributed by atoms with Crippen molar-refractivity contribution in [3.8, 4) is 17.1 Å². The van der Waals surface area contributed by atoms with Crippen molar-refractivity contribution in [2.45, 2.75) is 56.6 Å². The average molecular weight is 533 g/mol. The maximum absolute atomic E-state index is 13.5. The molecule has 2 aromatic carbocycles. The Balaban J connectivity index is 1.43. The van der Waals surface area contributed by atoms with E-state index in [4.69, 9.17) is 10.5 Å². The molecule has 9 heteroatoms. The molecule has 198 valence electrons. The molecule has 1 aromatic heterocycles. The van der Waals surface area contributed by atoms with Crippen molar-refractivity contribution in [3.63, 3.8) is 0 Å². The van der Waals surface area contributed by atoms with E-state index in [2.05, 4.69) is 40.8 Å². The van der Waals surface area contributed by atoms with E-state index in [1.807, 2.05) is 17.0 Å². The van der Waals surface area contributed by atoms with Crippen molar-refractivity contribution >= 4 is 23.5 Å². The molecule has 8 nitrogen and oxygen atoms in total. The van der Waals surface area contributed by atoms with Gasteiger partial charge < -0.3 is 15.4 Å². The highest BCUT2D eigenvalue weighted by Gasteiger charge is 2.32. The van der Waals surface area contributed by atoms with Gasteiger partial charge in [-0.3, -0.25) is 9.69 Å². The lowest BCUT2D eigenvalue weighted by Crippen LogP contribution is -2.42. The average Bonchev–Trinajstić information content (AvgIpc) is 3.36. The zero-order valence-electron chi connectivity index (χ0n) is 21.9. The van der Waals surface area contributed by atoms with Gasteiger partial charge in [-0.25, -0.2) is 4.98 Å². The first-order valence-electron chi connectivity index (χ1n) is 13.2. The fourth-order valence-electron chi connectivity index (χ4n) is 5.74. The van der Waals surface area contributed by atoms with E-state index in [-0.39, 0.29) is 18.0 Å². The van der Waals surface area contributed by atoms with E-state index < -0.39 is 0 Å². The summed E-state index contributed by atoms with van der Waals surface area (Å²) >= 11 is 0.394. The number of amides is 1. The van der Waals surface area contributed by atoms with Gasteiger partial charge in [0.25, 0.3) is 10.8 Å². The Morgan fingerprint density at radius 1 is 1.00 bits per heavy atom.